The molecule has 6 nitrogen and oxygen atoms in total. The van der Waals surface area contributed by atoms with Crippen molar-refractivity contribution in [3.63, 3.8) is 0 Å². The quantitative estimate of drug-likeness (QED) is 0.912. The van der Waals surface area contributed by atoms with Crippen molar-refractivity contribution < 1.29 is 9.26 Å². The van der Waals surface area contributed by atoms with Gasteiger partial charge in [0.25, 0.3) is 0 Å². The van der Waals surface area contributed by atoms with E-state index < -0.39 is 0 Å². The Bertz CT molecular complexity index is 613. The van der Waals surface area contributed by atoms with Gasteiger partial charge in [-0.1, -0.05) is 28.9 Å². The highest BCUT2D eigenvalue weighted by atomic mass is 35.5. The molecule has 1 N–H and O–H groups in total. The van der Waals surface area contributed by atoms with Gasteiger partial charge >= 0.3 is 6.01 Å². The molecule has 1 fully saturated rings. The molecule has 1 aromatic carbocycles. The number of rotatable bonds is 5. The standard InChI is InChI=1S/C15H19ClN4O2/c1-11(20-5-7-21-8-6-20)10-17-15-18-14(19-22-15)12-3-2-4-13(16)9-12/h2-4,9,11H,5-8,10H2,1H3,(H,17,18,19). The van der Waals surface area contributed by atoms with Gasteiger partial charge in [0.15, 0.2) is 0 Å². The van der Waals surface area contributed by atoms with Crippen LogP contribution in [0.1, 0.15) is 6.92 Å². The molecular weight excluding hydrogens is 304 g/mol. The molecule has 22 heavy (non-hydrogen) atoms. The minimum Gasteiger partial charge on any atom is -0.379 e. The topological polar surface area (TPSA) is 63.4 Å². The molecule has 2 aromatic rings. The number of benzene rings is 1. The number of morpholine rings is 1. The molecule has 1 unspecified atom stereocenters. The van der Waals surface area contributed by atoms with Crippen molar-refractivity contribution in [1.82, 2.24) is 15.0 Å². The Kier molecular flexibility index (Phi) is 4.92. The fraction of sp³-hybridized carbons (Fsp3) is 0.467. The lowest BCUT2D eigenvalue weighted by molar-refractivity contribution is 0.0226. The second-order valence-corrected chi connectivity index (χ2v) is 5.75. The van der Waals surface area contributed by atoms with Crippen LogP contribution < -0.4 is 5.32 Å². The highest BCUT2D eigenvalue weighted by Crippen LogP contribution is 2.21. The van der Waals surface area contributed by atoms with Gasteiger partial charge in [0, 0.05) is 36.3 Å². The first kappa shape index (κ1) is 15.3. The molecule has 0 saturated carbocycles. The number of halogens is 1. The van der Waals surface area contributed by atoms with E-state index in [1.165, 1.54) is 0 Å². The Morgan fingerprint density at radius 3 is 2.95 bits per heavy atom. The van der Waals surface area contributed by atoms with Crippen LogP contribution in [0.5, 0.6) is 0 Å². The Hall–Kier alpha value is -1.63. The van der Waals surface area contributed by atoms with Gasteiger partial charge in [-0.25, -0.2) is 0 Å². The van der Waals surface area contributed by atoms with Crippen molar-refractivity contribution in [2.75, 3.05) is 38.2 Å². The highest BCUT2D eigenvalue weighted by Gasteiger charge is 2.17. The Morgan fingerprint density at radius 1 is 1.36 bits per heavy atom. The van der Waals surface area contributed by atoms with Gasteiger partial charge in [-0.3, -0.25) is 4.90 Å². The lowest BCUT2D eigenvalue weighted by Crippen LogP contribution is -2.45. The molecule has 118 valence electrons. The Morgan fingerprint density at radius 2 is 2.18 bits per heavy atom. The van der Waals surface area contributed by atoms with Gasteiger partial charge in [0.2, 0.25) is 5.82 Å². The van der Waals surface area contributed by atoms with Gasteiger partial charge in [0.05, 0.1) is 13.2 Å². The van der Waals surface area contributed by atoms with Crippen molar-refractivity contribution in [3.05, 3.63) is 29.3 Å². The fourth-order valence-electron chi connectivity index (χ4n) is 2.42. The van der Waals surface area contributed by atoms with Crippen LogP contribution in [0, 0.1) is 0 Å². The molecule has 2 heterocycles. The monoisotopic (exact) mass is 322 g/mol. The van der Waals surface area contributed by atoms with Crippen LogP contribution in [0.4, 0.5) is 6.01 Å². The molecule has 1 saturated heterocycles. The molecule has 1 atom stereocenters. The predicted molar refractivity (Wildman–Crippen MR) is 85.1 cm³/mol. The first-order valence-corrected chi connectivity index (χ1v) is 7.75. The molecule has 1 aromatic heterocycles. The molecule has 0 aliphatic carbocycles. The predicted octanol–water partition coefficient (Wildman–Crippen LogP) is 2.52. The first-order chi connectivity index (χ1) is 10.7. The summed E-state index contributed by atoms with van der Waals surface area (Å²) in [6.07, 6.45) is 0. The van der Waals surface area contributed by atoms with Crippen molar-refractivity contribution in [3.8, 4) is 11.4 Å². The molecule has 3 rings (SSSR count). The maximum absolute atomic E-state index is 5.97. The Balaban J connectivity index is 1.57. The summed E-state index contributed by atoms with van der Waals surface area (Å²) in [5, 5.41) is 7.82. The summed E-state index contributed by atoms with van der Waals surface area (Å²) in [6, 6.07) is 8.19. The average Bonchev–Trinajstić information content (AvgIpc) is 3.02. The third kappa shape index (κ3) is 3.76. The van der Waals surface area contributed by atoms with Gasteiger partial charge in [-0.2, -0.15) is 4.98 Å². The average molecular weight is 323 g/mol. The first-order valence-electron chi connectivity index (χ1n) is 7.38. The zero-order valence-corrected chi connectivity index (χ0v) is 13.2. The van der Waals surface area contributed by atoms with E-state index >= 15 is 0 Å². The van der Waals surface area contributed by atoms with Crippen LogP contribution >= 0.6 is 11.6 Å². The second kappa shape index (κ2) is 7.09. The summed E-state index contributed by atoms with van der Waals surface area (Å²) in [5.74, 6) is 0.532. The number of nitrogens with one attached hydrogen (secondary N) is 1. The normalized spacial score (nSPS) is 17.4. The number of nitrogens with zero attached hydrogens (tertiary/aromatic N) is 3. The third-order valence-corrected chi connectivity index (χ3v) is 3.96. The fourth-order valence-corrected chi connectivity index (χ4v) is 2.61. The summed E-state index contributed by atoms with van der Waals surface area (Å²) in [4.78, 5) is 6.73. The number of hydrogen-bond acceptors (Lipinski definition) is 6. The van der Waals surface area contributed by atoms with Crippen LogP contribution in [-0.2, 0) is 4.74 Å². The molecule has 0 amide bonds. The van der Waals surface area contributed by atoms with E-state index in [1.807, 2.05) is 24.3 Å². The van der Waals surface area contributed by atoms with E-state index in [0.717, 1.165) is 38.4 Å². The largest absolute Gasteiger partial charge is 0.379 e. The molecule has 7 heteroatoms. The zero-order chi connectivity index (χ0) is 15.4. The van der Waals surface area contributed by atoms with E-state index in [4.69, 9.17) is 20.9 Å². The van der Waals surface area contributed by atoms with E-state index in [1.54, 1.807) is 0 Å². The van der Waals surface area contributed by atoms with E-state index in [2.05, 4.69) is 27.3 Å². The van der Waals surface area contributed by atoms with Crippen molar-refractivity contribution >= 4 is 17.6 Å². The zero-order valence-electron chi connectivity index (χ0n) is 12.5. The van der Waals surface area contributed by atoms with Crippen molar-refractivity contribution in [2.45, 2.75) is 13.0 Å². The molecule has 1 aliphatic rings. The van der Waals surface area contributed by atoms with Crippen LogP contribution in [0.15, 0.2) is 28.8 Å². The minimum absolute atomic E-state index is 0.380. The van der Waals surface area contributed by atoms with Gasteiger partial charge in [0.1, 0.15) is 0 Å². The lowest BCUT2D eigenvalue weighted by atomic mass is 10.2. The van der Waals surface area contributed by atoms with Crippen molar-refractivity contribution in [2.24, 2.45) is 0 Å². The summed E-state index contributed by atoms with van der Waals surface area (Å²) in [5.41, 5.74) is 0.838. The number of hydrogen-bond donors (Lipinski definition) is 1. The summed E-state index contributed by atoms with van der Waals surface area (Å²) in [6.45, 7) is 6.43. The van der Waals surface area contributed by atoms with Gasteiger partial charge in [-0.05, 0) is 19.1 Å². The smallest absolute Gasteiger partial charge is 0.321 e. The van der Waals surface area contributed by atoms with E-state index in [0.29, 0.717) is 22.9 Å². The summed E-state index contributed by atoms with van der Waals surface area (Å²) < 4.78 is 10.6. The van der Waals surface area contributed by atoms with Crippen molar-refractivity contribution in [1.29, 1.82) is 0 Å². The Labute approximate surface area is 134 Å². The molecule has 0 radical (unpaired) electrons. The van der Waals surface area contributed by atoms with E-state index in [-0.39, 0.29) is 0 Å². The molecular formula is C15H19ClN4O2. The maximum Gasteiger partial charge on any atom is 0.321 e. The van der Waals surface area contributed by atoms with Crippen LogP contribution in [-0.4, -0.2) is 53.9 Å². The van der Waals surface area contributed by atoms with Crippen LogP contribution in [0.3, 0.4) is 0 Å². The molecule has 1 aliphatic heterocycles. The van der Waals surface area contributed by atoms with Crippen LogP contribution in [0.2, 0.25) is 5.02 Å². The van der Waals surface area contributed by atoms with Crippen LogP contribution in [0.25, 0.3) is 11.4 Å². The maximum atomic E-state index is 5.97. The van der Waals surface area contributed by atoms with Gasteiger partial charge in [-0.15, -0.1) is 0 Å². The number of aromatic nitrogens is 2. The van der Waals surface area contributed by atoms with Gasteiger partial charge < -0.3 is 14.6 Å². The molecule has 0 bridgehead atoms. The minimum atomic E-state index is 0.380. The van der Waals surface area contributed by atoms with E-state index in [9.17, 15) is 0 Å². The molecule has 0 spiro atoms. The summed E-state index contributed by atoms with van der Waals surface area (Å²) in [7, 11) is 0. The third-order valence-electron chi connectivity index (χ3n) is 3.73. The lowest BCUT2D eigenvalue weighted by Gasteiger charge is -2.32. The highest BCUT2D eigenvalue weighted by molar-refractivity contribution is 6.30. The summed E-state index contributed by atoms with van der Waals surface area (Å²) >= 11 is 5.97. The SMILES string of the molecule is CC(CNc1nc(-c2cccc(Cl)c2)no1)N1CCOCC1. The number of ether oxygens (including phenoxy) is 1. The second-order valence-electron chi connectivity index (χ2n) is 5.31. The number of anilines is 1.